The first-order valence-electron chi connectivity index (χ1n) is 18.4. The monoisotopic (exact) mass is 710 g/mol. The Morgan fingerprint density at radius 2 is 0.646 bits per heavy atom. The molecule has 4 aromatic rings. The van der Waals surface area contributed by atoms with Gasteiger partial charge < -0.3 is 12.3 Å². The van der Waals surface area contributed by atoms with E-state index in [0.29, 0.717) is 0 Å². The zero-order valence-electron chi connectivity index (χ0n) is 30.0. The minimum Gasteiger partial charge on any atom is -0.436 e. The van der Waals surface area contributed by atoms with Gasteiger partial charge in [0.05, 0.1) is 0 Å². The van der Waals surface area contributed by atoms with E-state index in [1.54, 1.807) is 0 Å². The fourth-order valence-corrected chi connectivity index (χ4v) is 36.7. The van der Waals surface area contributed by atoms with Crippen LogP contribution in [0.2, 0.25) is 56.0 Å². The van der Waals surface area contributed by atoms with Crippen molar-refractivity contribution >= 4 is 33.8 Å². The summed E-state index contributed by atoms with van der Waals surface area (Å²) in [6.07, 6.45) is 8.90. The lowest BCUT2D eigenvalue weighted by atomic mass is 10.1. The summed E-state index contributed by atoms with van der Waals surface area (Å²) >= 11 is 0. The maximum atomic E-state index is 7.71. The standard InChI is InChI=1S/C41H58O3Si4/c1-45(33-17-29-38-21-9-5-10-22-38)37-46(2,34-18-30-39-23-11-6-12-24-39)43-48(4,36-20-32-41-27-15-8-16-28-41)44-47(3,42-45)35-19-31-40-25-13-7-14-26-40/h5-16,21-28H,17-20,29-37H2,1-4H3. The summed E-state index contributed by atoms with van der Waals surface area (Å²) in [7, 11) is -9.36. The van der Waals surface area contributed by atoms with Gasteiger partial charge in [0.2, 0.25) is 0 Å². The molecular formula is C41H58O3Si4. The largest absolute Gasteiger partial charge is 0.436 e. The van der Waals surface area contributed by atoms with Gasteiger partial charge in [0, 0.05) is 0 Å². The van der Waals surface area contributed by atoms with Crippen LogP contribution in [0.15, 0.2) is 121 Å². The molecule has 0 aromatic heterocycles. The van der Waals surface area contributed by atoms with Gasteiger partial charge in [0.25, 0.3) is 0 Å². The molecule has 0 aliphatic carbocycles. The first-order chi connectivity index (χ1) is 23.1. The number of rotatable bonds is 16. The van der Waals surface area contributed by atoms with E-state index in [2.05, 4.69) is 148 Å². The van der Waals surface area contributed by atoms with Gasteiger partial charge in [0.1, 0.15) is 0 Å². The van der Waals surface area contributed by atoms with Crippen LogP contribution in [0.5, 0.6) is 0 Å². The lowest BCUT2D eigenvalue weighted by Gasteiger charge is -2.51. The second kappa shape index (κ2) is 17.5. The normalized spacial score (nSPS) is 26.1. The van der Waals surface area contributed by atoms with E-state index in [9.17, 15) is 0 Å². The molecule has 7 heteroatoms. The second-order valence-electron chi connectivity index (χ2n) is 15.0. The van der Waals surface area contributed by atoms with Crippen LogP contribution in [-0.4, -0.2) is 33.8 Å². The predicted octanol–water partition coefficient (Wildman–Crippen LogP) is 11.4. The first kappa shape index (κ1) is 36.9. The lowest BCUT2D eigenvalue weighted by Crippen LogP contribution is -2.65. The quantitative estimate of drug-likeness (QED) is 0.108. The summed E-state index contributed by atoms with van der Waals surface area (Å²) in [5, 5.41) is 0. The summed E-state index contributed by atoms with van der Waals surface area (Å²) < 4.78 is 23.0. The Hall–Kier alpha value is -2.37. The van der Waals surface area contributed by atoms with Crippen molar-refractivity contribution in [2.45, 2.75) is 107 Å². The Balaban J connectivity index is 1.37. The summed E-state index contributed by atoms with van der Waals surface area (Å²) in [5.41, 5.74) is 6.84. The third kappa shape index (κ3) is 11.9. The van der Waals surface area contributed by atoms with Crippen molar-refractivity contribution in [3.63, 3.8) is 0 Å². The Kier molecular flexibility index (Phi) is 13.5. The molecule has 4 unspecified atom stereocenters. The Morgan fingerprint density at radius 3 is 0.938 bits per heavy atom. The zero-order chi connectivity index (χ0) is 33.8. The highest BCUT2D eigenvalue weighted by Crippen LogP contribution is 2.41. The molecule has 0 radical (unpaired) electrons. The molecule has 0 amide bonds. The minimum atomic E-state index is -2.53. The molecule has 1 aliphatic rings. The molecule has 1 fully saturated rings. The van der Waals surface area contributed by atoms with Crippen molar-refractivity contribution < 1.29 is 12.3 Å². The minimum absolute atomic E-state index is 1.03. The number of benzene rings is 4. The van der Waals surface area contributed by atoms with Gasteiger partial charge in [-0.05, 0) is 130 Å². The van der Waals surface area contributed by atoms with Gasteiger partial charge in [-0.1, -0.05) is 121 Å². The van der Waals surface area contributed by atoms with Crippen molar-refractivity contribution in [2.75, 3.05) is 0 Å². The maximum Gasteiger partial charge on any atom is 0.315 e. The smallest absolute Gasteiger partial charge is 0.315 e. The van der Waals surface area contributed by atoms with Crippen molar-refractivity contribution in [3.8, 4) is 0 Å². The van der Waals surface area contributed by atoms with E-state index in [0.717, 1.165) is 50.6 Å². The summed E-state index contributed by atoms with van der Waals surface area (Å²) in [6.45, 7) is 9.86. The number of aryl methyl sites for hydroxylation is 4. The number of hydrogen-bond donors (Lipinski definition) is 0. The fraction of sp³-hybridized carbons (Fsp3) is 0.415. The molecule has 1 saturated heterocycles. The molecule has 0 bridgehead atoms. The predicted molar refractivity (Wildman–Crippen MR) is 213 cm³/mol. The Labute approximate surface area is 295 Å². The van der Waals surface area contributed by atoms with Crippen LogP contribution < -0.4 is 0 Å². The van der Waals surface area contributed by atoms with Crippen LogP contribution in [0.4, 0.5) is 0 Å². The molecule has 3 nitrogen and oxygen atoms in total. The van der Waals surface area contributed by atoms with Gasteiger partial charge in [0.15, 0.2) is 16.6 Å². The molecule has 4 aromatic carbocycles. The fourth-order valence-electron chi connectivity index (χ4n) is 8.03. The van der Waals surface area contributed by atoms with E-state index < -0.39 is 33.8 Å². The van der Waals surface area contributed by atoms with Gasteiger partial charge in [-0.2, -0.15) is 0 Å². The van der Waals surface area contributed by atoms with E-state index >= 15 is 0 Å². The SMILES string of the molecule is C[Si]1(CCCc2ccccc2)C[Si](C)(CCCc2ccccc2)O[Si](C)(CCCc2ccccc2)O[Si](C)(CCCc2ccccc2)O1. The highest BCUT2D eigenvalue weighted by Gasteiger charge is 2.54. The summed E-state index contributed by atoms with van der Waals surface area (Å²) in [6, 6.07) is 48.2. The number of hydrogen-bond acceptors (Lipinski definition) is 3. The van der Waals surface area contributed by atoms with Gasteiger partial charge in [-0.15, -0.1) is 0 Å². The van der Waals surface area contributed by atoms with E-state index in [1.807, 2.05) is 0 Å². The van der Waals surface area contributed by atoms with Gasteiger partial charge in [-0.25, -0.2) is 0 Å². The van der Waals surface area contributed by atoms with Crippen LogP contribution in [0, 0.1) is 0 Å². The topological polar surface area (TPSA) is 27.7 Å². The zero-order valence-corrected chi connectivity index (χ0v) is 34.0. The van der Waals surface area contributed by atoms with Crippen molar-refractivity contribution in [1.82, 2.24) is 0 Å². The maximum absolute atomic E-state index is 7.71. The van der Waals surface area contributed by atoms with E-state index in [-0.39, 0.29) is 0 Å². The van der Waals surface area contributed by atoms with Crippen molar-refractivity contribution in [2.24, 2.45) is 0 Å². The van der Waals surface area contributed by atoms with E-state index in [1.165, 1.54) is 52.9 Å². The molecule has 0 saturated carbocycles. The molecule has 1 aliphatic heterocycles. The van der Waals surface area contributed by atoms with Crippen LogP contribution in [0.1, 0.15) is 47.9 Å². The average molecular weight is 711 g/mol. The molecule has 0 N–H and O–H groups in total. The Bertz CT molecular complexity index is 1250. The summed E-state index contributed by atoms with van der Waals surface area (Å²) in [4.78, 5) is 0. The molecule has 4 atom stereocenters. The molecule has 256 valence electrons. The highest BCUT2D eigenvalue weighted by molar-refractivity contribution is 6.99. The summed E-state index contributed by atoms with van der Waals surface area (Å²) in [5.74, 6) is 0. The molecule has 5 rings (SSSR count). The second-order valence-corrected chi connectivity index (χ2v) is 31.2. The van der Waals surface area contributed by atoms with Crippen LogP contribution in [0.25, 0.3) is 0 Å². The van der Waals surface area contributed by atoms with Crippen molar-refractivity contribution in [1.29, 1.82) is 0 Å². The molecular weight excluding hydrogens is 653 g/mol. The van der Waals surface area contributed by atoms with Crippen molar-refractivity contribution in [3.05, 3.63) is 144 Å². The molecule has 48 heavy (non-hydrogen) atoms. The average Bonchev–Trinajstić information content (AvgIpc) is 3.06. The lowest BCUT2D eigenvalue weighted by molar-refractivity contribution is 0.299. The van der Waals surface area contributed by atoms with Crippen LogP contribution in [0.3, 0.4) is 0 Å². The van der Waals surface area contributed by atoms with E-state index in [4.69, 9.17) is 12.3 Å². The highest BCUT2D eigenvalue weighted by atomic mass is 28.5. The molecule has 0 spiro atoms. The third-order valence-corrected chi connectivity index (χ3v) is 32.2. The Morgan fingerprint density at radius 1 is 0.375 bits per heavy atom. The van der Waals surface area contributed by atoms with Gasteiger partial charge >= 0.3 is 17.1 Å². The van der Waals surface area contributed by atoms with Gasteiger partial charge in [-0.3, -0.25) is 0 Å². The first-order valence-corrected chi connectivity index (χ1v) is 29.1. The van der Waals surface area contributed by atoms with Crippen LogP contribution >= 0.6 is 0 Å². The third-order valence-electron chi connectivity index (χ3n) is 10.0. The van der Waals surface area contributed by atoms with Crippen LogP contribution in [-0.2, 0) is 38.0 Å². The molecule has 1 heterocycles.